The van der Waals surface area contributed by atoms with Crippen molar-refractivity contribution in [1.29, 1.82) is 0 Å². The summed E-state index contributed by atoms with van der Waals surface area (Å²) in [4.78, 5) is 20.9. The highest BCUT2D eigenvalue weighted by Crippen LogP contribution is 2.42. The Balaban J connectivity index is 0.000000159. The van der Waals surface area contributed by atoms with Gasteiger partial charge < -0.3 is 32.7 Å². The van der Waals surface area contributed by atoms with Gasteiger partial charge in [0.15, 0.2) is 0 Å². The standard InChI is InChI=1S/C38H40B2N2O4.C26H16Br2N2.C9H19BO2.C4H8O/c1-35(2)36(3,4)44-39(43-35)27-21-17-25(18-22-27)33-29-13-9-11-15-31(29)42-34(30-14-10-12-16-32(30)41-33)26-19-23-28(24-20-26)40-45-37(5,6)38(7,8)46-40;27-19-13-9-17(10-14-19)25-21-5-1-3-7-23(21)29-26(18-11-15-20(28)16-12-18)22-6-2-4-8-24(22)30-25;1-7(2)10-11-8(3,4)9(5,6)12-10;1-2-4-5-3-1/h9-24H,1-8H3;1-16H;7H,1-6H3;1-4H2. The van der Waals surface area contributed by atoms with Gasteiger partial charge in [-0.2, -0.15) is 0 Å². The van der Waals surface area contributed by atoms with E-state index in [9.17, 15) is 0 Å². The molecule has 0 amide bonds. The van der Waals surface area contributed by atoms with Gasteiger partial charge in [-0.3, -0.25) is 0 Å². The molecular weight excluding hydrogens is 1290 g/mol. The molecule has 0 bridgehead atoms. The number of para-hydroxylation sites is 4. The van der Waals surface area contributed by atoms with E-state index in [1.807, 2.05) is 72.8 Å². The molecule has 93 heavy (non-hydrogen) atoms. The Kier molecular flexibility index (Phi) is 20.1. The third kappa shape index (κ3) is 14.9. The third-order valence-electron chi connectivity index (χ3n) is 18.9. The average Bonchev–Trinajstić information content (AvgIpc) is 1.65. The Morgan fingerprint density at radius 2 is 0.559 bits per heavy atom. The van der Waals surface area contributed by atoms with Gasteiger partial charge in [0.1, 0.15) is 0 Å². The summed E-state index contributed by atoms with van der Waals surface area (Å²) in [5, 5.41) is 0. The first-order chi connectivity index (χ1) is 44.2. The fraction of sp³-hybridized carbons (Fsp3) is 0.325. The largest absolute Gasteiger partial charge is 0.494 e. The highest BCUT2D eigenvalue weighted by molar-refractivity contribution is 9.10. The number of hydrogen-bond donors (Lipinski definition) is 0. The molecule has 0 spiro atoms. The van der Waals surface area contributed by atoms with Crippen LogP contribution in [0.15, 0.2) is 223 Å². The van der Waals surface area contributed by atoms with E-state index in [-0.39, 0.29) is 18.3 Å². The molecule has 0 saturated carbocycles. The lowest BCUT2D eigenvalue weighted by Crippen LogP contribution is -2.41. The van der Waals surface area contributed by atoms with Crippen molar-refractivity contribution in [3.63, 3.8) is 0 Å². The first kappa shape index (κ1) is 67.7. The van der Waals surface area contributed by atoms with Crippen LogP contribution in [-0.2, 0) is 32.7 Å². The Labute approximate surface area is 568 Å². The van der Waals surface area contributed by atoms with Crippen LogP contribution in [0, 0.1) is 0 Å². The molecule has 4 saturated heterocycles. The number of benzene rings is 8. The topological polar surface area (TPSA) is 114 Å². The molecule has 8 aromatic carbocycles. The normalized spacial score (nSPS) is 19.1. The average molecular weight is 1370 g/mol. The second kappa shape index (κ2) is 27.6. The number of fused-ring (bicyclic) bond motifs is 4. The van der Waals surface area contributed by atoms with Crippen molar-refractivity contribution < 1.29 is 32.7 Å². The maximum Gasteiger partial charge on any atom is 0.494 e. The SMILES string of the molecule is Brc1ccc(C2=Nc3ccccc3C(c3ccc(Br)cc3)=Nc3ccccc32)cc1.C1CCOC1.CC(C)B1OC(C)(C)C(C)(C)O1.CC1(C)OB(c2ccc(C3=Nc4ccccc4C(c4ccc(B5OC(C)(C)C(C)(C)O5)cc4)=Nc4ccccc43)cc2)OC1(C)C. The number of aliphatic imine (C=N–C) groups is 4. The van der Waals surface area contributed by atoms with E-state index in [1.54, 1.807) is 0 Å². The van der Waals surface area contributed by atoms with Crippen molar-refractivity contribution in [2.45, 2.75) is 149 Å². The van der Waals surface area contributed by atoms with Gasteiger partial charge in [0.05, 0.1) is 79.2 Å². The lowest BCUT2D eigenvalue weighted by molar-refractivity contribution is 0.00578. The van der Waals surface area contributed by atoms with Crippen LogP contribution in [-0.4, -0.2) is 91.0 Å². The fourth-order valence-corrected chi connectivity index (χ4v) is 11.7. The molecule has 0 radical (unpaired) electrons. The number of nitrogens with zero attached hydrogens (tertiary/aromatic N) is 4. The zero-order chi connectivity index (χ0) is 66.1. The molecule has 4 fully saturated rings. The molecule has 14 rings (SSSR count). The summed E-state index contributed by atoms with van der Waals surface area (Å²) in [6.45, 7) is 31.1. The molecule has 0 aliphatic carbocycles. The molecule has 6 heterocycles. The van der Waals surface area contributed by atoms with Crippen LogP contribution in [0.3, 0.4) is 0 Å². The summed E-state index contributed by atoms with van der Waals surface area (Å²) in [5.41, 5.74) is 15.2. The molecule has 16 heteroatoms. The van der Waals surface area contributed by atoms with E-state index in [1.165, 1.54) is 12.8 Å². The maximum absolute atomic E-state index is 6.30. The van der Waals surface area contributed by atoms with Gasteiger partial charge >= 0.3 is 21.4 Å². The summed E-state index contributed by atoms with van der Waals surface area (Å²) in [6, 6.07) is 66.0. The van der Waals surface area contributed by atoms with E-state index in [0.29, 0.717) is 5.82 Å². The van der Waals surface area contributed by atoms with Gasteiger partial charge in [0.25, 0.3) is 0 Å². The smallest absolute Gasteiger partial charge is 0.403 e. The van der Waals surface area contributed by atoms with Crippen molar-refractivity contribution in [3.05, 3.63) is 248 Å². The molecule has 0 atom stereocenters. The molecule has 0 N–H and O–H groups in total. The van der Waals surface area contributed by atoms with Crippen molar-refractivity contribution in [2.24, 2.45) is 20.0 Å². The van der Waals surface area contributed by atoms with Crippen LogP contribution in [0.4, 0.5) is 22.7 Å². The highest BCUT2D eigenvalue weighted by atomic mass is 79.9. The molecule has 0 unspecified atom stereocenters. The number of halogens is 2. The molecule has 8 aromatic rings. The number of rotatable bonds is 7. The quantitative estimate of drug-likeness (QED) is 0.146. The maximum atomic E-state index is 6.30. The molecular formula is C77H83B3Br2N4O7. The first-order valence-electron chi connectivity index (χ1n) is 32.3. The third-order valence-corrected chi connectivity index (χ3v) is 19.9. The summed E-state index contributed by atoms with van der Waals surface area (Å²) in [7, 11) is -0.890. The minimum absolute atomic E-state index is 0.0463. The zero-order valence-electron chi connectivity index (χ0n) is 56.0. The van der Waals surface area contributed by atoms with Crippen LogP contribution in [0.5, 0.6) is 0 Å². The van der Waals surface area contributed by atoms with Crippen LogP contribution < -0.4 is 10.9 Å². The minimum atomic E-state index is -0.422. The van der Waals surface area contributed by atoms with Gasteiger partial charge in [-0.05, 0) is 161 Å². The van der Waals surface area contributed by atoms with Crippen molar-refractivity contribution in [1.82, 2.24) is 0 Å². The van der Waals surface area contributed by atoms with Gasteiger partial charge in [-0.25, -0.2) is 20.0 Å². The highest BCUT2D eigenvalue weighted by Gasteiger charge is 2.54. The predicted molar refractivity (Wildman–Crippen MR) is 391 cm³/mol. The molecule has 6 aliphatic heterocycles. The second-order valence-corrected chi connectivity index (χ2v) is 29.4. The summed E-state index contributed by atoms with van der Waals surface area (Å²) in [5.74, 6) is 0.422. The Hall–Kier alpha value is -6.69. The van der Waals surface area contributed by atoms with E-state index >= 15 is 0 Å². The van der Waals surface area contributed by atoms with Crippen LogP contribution >= 0.6 is 31.9 Å². The molecule has 11 nitrogen and oxygen atoms in total. The molecule has 0 aromatic heterocycles. The van der Waals surface area contributed by atoms with E-state index in [4.69, 9.17) is 52.6 Å². The lowest BCUT2D eigenvalue weighted by atomic mass is 9.75. The monoisotopic (exact) mass is 1370 g/mol. The van der Waals surface area contributed by atoms with Gasteiger partial charge in [-0.1, -0.05) is 191 Å². The van der Waals surface area contributed by atoms with Crippen LogP contribution in [0.2, 0.25) is 5.82 Å². The Morgan fingerprint density at radius 3 is 0.785 bits per heavy atom. The van der Waals surface area contributed by atoms with E-state index in [0.717, 1.165) is 123 Å². The number of ether oxygens (including phenoxy) is 1. The van der Waals surface area contributed by atoms with Gasteiger partial charge in [-0.15, -0.1) is 0 Å². The van der Waals surface area contributed by atoms with E-state index < -0.39 is 36.6 Å². The summed E-state index contributed by atoms with van der Waals surface area (Å²) in [6.07, 6.45) is 2.56. The van der Waals surface area contributed by atoms with Crippen molar-refractivity contribution in [3.8, 4) is 0 Å². The minimum Gasteiger partial charge on any atom is -0.403 e. The summed E-state index contributed by atoms with van der Waals surface area (Å²) >= 11 is 7.06. The van der Waals surface area contributed by atoms with Gasteiger partial charge in [0, 0.05) is 66.7 Å². The number of hydrogen-bond acceptors (Lipinski definition) is 11. The van der Waals surface area contributed by atoms with E-state index in [2.05, 4.69) is 250 Å². The second-order valence-electron chi connectivity index (χ2n) is 27.5. The summed E-state index contributed by atoms with van der Waals surface area (Å²) < 4.78 is 43.8. The van der Waals surface area contributed by atoms with Crippen molar-refractivity contribution >= 4 is 110 Å². The van der Waals surface area contributed by atoms with Crippen LogP contribution in [0.25, 0.3) is 0 Å². The first-order valence-corrected chi connectivity index (χ1v) is 33.9. The van der Waals surface area contributed by atoms with Crippen LogP contribution in [0.1, 0.15) is 154 Å². The lowest BCUT2D eigenvalue weighted by Gasteiger charge is -2.32. The molecule has 6 aliphatic rings. The predicted octanol–water partition coefficient (Wildman–Crippen LogP) is 18.1. The van der Waals surface area contributed by atoms with Gasteiger partial charge in [0.2, 0.25) is 0 Å². The van der Waals surface area contributed by atoms with Crippen molar-refractivity contribution in [2.75, 3.05) is 13.2 Å². The molecule has 476 valence electrons. The Morgan fingerprint density at radius 1 is 0.323 bits per heavy atom. The fourth-order valence-electron chi connectivity index (χ4n) is 11.1. The zero-order valence-corrected chi connectivity index (χ0v) is 59.2. The Bertz CT molecular complexity index is 3810.